The standard InChI is InChI=1S/C49H76N14O19/c1-22(2)37(61-40(74)28(8-6-16-53-49(51)52)56-42(76)31(19-36(71)72)55-25(5)67)46(80)57-29(14-15-35(69)70)48(82)63-17-7-9-34(63)45(79)58-30(18-26-10-12-27(68)13-11-26)41(75)59-32(20-64)43(77)60-33(21-65)44(78)62-38(24(4)66)47(81)54-23(3)39(50)73/h10-13,22-24,28-34,37-38,64-66,68H,6-9,14-21H2,1-5H3,(H2,50,73)(H,54,81)(H,55,67)(H,56,76)(H,57,80)(H,58,79)(H,59,75)(H,60,77)(H,61,74)(H,62,78)(H,69,70)(H,71,72)(H4,51,52,53)/t23-,24+,28-,29-,30-,31-,32-,33-,34-,37-,38-/m0/s1. The minimum Gasteiger partial charge on any atom is -0.508 e. The summed E-state index contributed by atoms with van der Waals surface area (Å²) in [6, 6.07) is -10.7. The third kappa shape index (κ3) is 23.2. The molecule has 1 aliphatic rings. The van der Waals surface area contributed by atoms with Crippen molar-refractivity contribution in [3.63, 3.8) is 0 Å². The van der Waals surface area contributed by atoms with Crippen LogP contribution in [0.25, 0.3) is 0 Å². The number of carbonyl (C=O) groups excluding carboxylic acids is 11. The van der Waals surface area contributed by atoms with Crippen molar-refractivity contribution in [1.29, 1.82) is 0 Å². The number of aliphatic hydroxyl groups is 3. The molecular weight excluding hydrogens is 1090 g/mol. The van der Waals surface area contributed by atoms with Gasteiger partial charge in [0.25, 0.3) is 0 Å². The fourth-order valence-electron chi connectivity index (χ4n) is 8.06. The highest BCUT2D eigenvalue weighted by Crippen LogP contribution is 2.21. The van der Waals surface area contributed by atoms with E-state index in [0.29, 0.717) is 5.56 Å². The van der Waals surface area contributed by atoms with E-state index in [1.807, 2.05) is 0 Å². The quantitative estimate of drug-likeness (QED) is 0.0173. The summed E-state index contributed by atoms with van der Waals surface area (Å²) in [7, 11) is 0. The van der Waals surface area contributed by atoms with Crippen molar-refractivity contribution in [2.45, 2.75) is 153 Å². The lowest BCUT2D eigenvalue weighted by Crippen LogP contribution is -2.62. The number of primary amides is 1. The van der Waals surface area contributed by atoms with Crippen LogP contribution in [0.15, 0.2) is 29.3 Å². The Morgan fingerprint density at radius 2 is 1.13 bits per heavy atom. The Labute approximate surface area is 470 Å². The molecule has 0 spiro atoms. The number of aromatic hydroxyl groups is 1. The highest BCUT2D eigenvalue weighted by atomic mass is 16.4. The first-order valence-electron chi connectivity index (χ1n) is 25.9. The van der Waals surface area contributed by atoms with Crippen LogP contribution in [0.2, 0.25) is 0 Å². The normalized spacial score (nSPS) is 16.5. The molecule has 33 heteroatoms. The van der Waals surface area contributed by atoms with E-state index >= 15 is 0 Å². The number of aliphatic imine (C=N–C) groups is 1. The number of carbonyl (C=O) groups is 13. The Balaban J connectivity index is 2.43. The molecule has 1 saturated heterocycles. The van der Waals surface area contributed by atoms with Crippen LogP contribution in [0.4, 0.5) is 0 Å². The number of hydrogen-bond acceptors (Lipinski definition) is 18. The van der Waals surface area contributed by atoms with E-state index in [1.165, 1.54) is 45.0 Å². The number of hydrogen-bond donors (Lipinski definition) is 18. The lowest BCUT2D eigenvalue weighted by Gasteiger charge is -2.31. The van der Waals surface area contributed by atoms with Gasteiger partial charge in [0.15, 0.2) is 5.96 Å². The third-order valence-electron chi connectivity index (χ3n) is 12.5. The van der Waals surface area contributed by atoms with Gasteiger partial charge < -0.3 is 101 Å². The smallest absolute Gasteiger partial charge is 0.305 e. The maximum absolute atomic E-state index is 14.5. The second kappa shape index (κ2) is 33.8. The number of guanidine groups is 1. The number of nitrogens with one attached hydrogen (secondary N) is 9. The van der Waals surface area contributed by atoms with Crippen LogP contribution in [0.3, 0.4) is 0 Å². The Bertz CT molecular complexity index is 2480. The van der Waals surface area contributed by atoms with E-state index in [0.717, 1.165) is 18.7 Å². The molecule has 1 aliphatic heterocycles. The molecule has 0 radical (unpaired) electrons. The van der Waals surface area contributed by atoms with Crippen LogP contribution >= 0.6 is 0 Å². The molecular formula is C49H76N14O19. The average Bonchev–Trinajstić information content (AvgIpc) is 3.92. The van der Waals surface area contributed by atoms with Crippen molar-refractivity contribution >= 4 is 82.9 Å². The van der Waals surface area contributed by atoms with Gasteiger partial charge in [-0.1, -0.05) is 26.0 Å². The number of amides is 11. The predicted molar refractivity (Wildman–Crippen MR) is 284 cm³/mol. The van der Waals surface area contributed by atoms with E-state index in [2.05, 4.69) is 52.8 Å². The van der Waals surface area contributed by atoms with Gasteiger partial charge in [0.2, 0.25) is 65.0 Å². The molecule has 0 saturated carbocycles. The molecule has 0 aromatic heterocycles. The lowest BCUT2D eigenvalue weighted by atomic mass is 10.0. The summed E-state index contributed by atoms with van der Waals surface area (Å²) in [5, 5.41) is 80.1. The average molecular weight is 1170 g/mol. The van der Waals surface area contributed by atoms with Crippen LogP contribution in [-0.4, -0.2) is 211 Å². The number of benzene rings is 1. The van der Waals surface area contributed by atoms with Crippen LogP contribution in [0, 0.1) is 5.92 Å². The zero-order valence-corrected chi connectivity index (χ0v) is 45.8. The van der Waals surface area contributed by atoms with Gasteiger partial charge in [-0.05, 0) is 69.6 Å². The van der Waals surface area contributed by atoms with Crippen molar-refractivity contribution in [3.8, 4) is 5.75 Å². The van der Waals surface area contributed by atoms with Crippen molar-refractivity contribution in [3.05, 3.63) is 29.8 Å². The first-order chi connectivity index (χ1) is 38.4. The number of nitrogens with zero attached hydrogens (tertiary/aromatic N) is 2. The highest BCUT2D eigenvalue weighted by Gasteiger charge is 2.41. The SMILES string of the molecule is CC(=O)N[C@@H](CC(=O)O)C(=O)N[C@@H](CCCN=C(N)N)C(=O)N[C@H](C(=O)N[C@@H](CCC(=O)O)C(=O)N1CCC[C@H]1C(=O)N[C@@H](Cc1ccc(O)cc1)C(=O)N[C@@H](CO)C(=O)N[C@@H](CO)C(=O)N[C@H](C(=O)N[C@@H](C)C(N)=O)[C@@H](C)O)C(C)C. The van der Waals surface area contributed by atoms with Gasteiger partial charge in [-0.15, -0.1) is 0 Å². The minimum atomic E-state index is -1.89. The summed E-state index contributed by atoms with van der Waals surface area (Å²) in [4.78, 5) is 175. The molecule has 0 aliphatic carbocycles. The fraction of sp³-hybridized carbons (Fsp3) is 0.592. The van der Waals surface area contributed by atoms with E-state index in [-0.39, 0.29) is 56.9 Å². The van der Waals surface area contributed by atoms with E-state index < -0.39 is 182 Å². The number of nitrogens with two attached hydrogens (primary N) is 3. The van der Waals surface area contributed by atoms with Crippen molar-refractivity contribution in [2.24, 2.45) is 28.1 Å². The number of rotatable bonds is 34. The van der Waals surface area contributed by atoms with Crippen LogP contribution in [0.1, 0.15) is 85.1 Å². The molecule has 1 fully saturated rings. The zero-order chi connectivity index (χ0) is 62.1. The van der Waals surface area contributed by atoms with E-state index in [1.54, 1.807) is 0 Å². The topological polar surface area (TPSA) is 545 Å². The van der Waals surface area contributed by atoms with Gasteiger partial charge in [-0.2, -0.15) is 0 Å². The summed E-state index contributed by atoms with van der Waals surface area (Å²) in [5.74, 6) is -15.4. The molecule has 21 N–H and O–H groups in total. The number of carboxylic acid groups (broad SMARTS) is 2. The monoisotopic (exact) mass is 1160 g/mol. The number of carboxylic acids is 2. The third-order valence-corrected chi connectivity index (χ3v) is 12.5. The second-order valence-electron chi connectivity index (χ2n) is 19.6. The van der Waals surface area contributed by atoms with Gasteiger partial charge in [-0.25, -0.2) is 0 Å². The first-order valence-corrected chi connectivity index (χ1v) is 25.9. The minimum absolute atomic E-state index is 0.0318. The maximum Gasteiger partial charge on any atom is 0.305 e. The molecule has 1 heterocycles. The Morgan fingerprint density at radius 3 is 1.65 bits per heavy atom. The molecule has 1 aromatic carbocycles. The van der Waals surface area contributed by atoms with Gasteiger partial charge in [0, 0.05) is 32.9 Å². The largest absolute Gasteiger partial charge is 0.508 e. The van der Waals surface area contributed by atoms with Gasteiger partial charge >= 0.3 is 11.9 Å². The van der Waals surface area contributed by atoms with E-state index in [4.69, 9.17) is 17.2 Å². The summed E-state index contributed by atoms with van der Waals surface area (Å²) < 4.78 is 0. The highest BCUT2D eigenvalue weighted by molar-refractivity contribution is 5.99. The molecule has 2 rings (SSSR count). The molecule has 11 amide bonds. The second-order valence-corrected chi connectivity index (χ2v) is 19.6. The number of phenolic OH excluding ortho intramolecular Hbond substituents is 1. The summed E-state index contributed by atoms with van der Waals surface area (Å²) in [6.45, 7) is 3.98. The van der Waals surface area contributed by atoms with Crippen molar-refractivity contribution in [1.82, 2.24) is 52.8 Å². The lowest BCUT2D eigenvalue weighted by molar-refractivity contribution is -0.144. The number of phenols is 1. The number of aliphatic carboxylic acids is 2. The van der Waals surface area contributed by atoms with Crippen molar-refractivity contribution in [2.75, 3.05) is 26.3 Å². The molecule has 1 aromatic rings. The number of aliphatic hydroxyl groups excluding tert-OH is 3. The van der Waals surface area contributed by atoms with Gasteiger partial charge in [-0.3, -0.25) is 67.3 Å². The van der Waals surface area contributed by atoms with Gasteiger partial charge in [0.05, 0.1) is 25.7 Å². The number of likely N-dealkylation sites (tertiary alicyclic amines) is 1. The Kier molecular flexibility index (Phi) is 28.6. The molecule has 82 heavy (non-hydrogen) atoms. The van der Waals surface area contributed by atoms with Crippen LogP contribution in [-0.2, 0) is 68.7 Å². The maximum atomic E-state index is 14.5. The zero-order valence-electron chi connectivity index (χ0n) is 45.8. The van der Waals surface area contributed by atoms with Crippen LogP contribution < -0.4 is 65.1 Å². The molecule has 11 atom stereocenters. The Morgan fingerprint density at radius 1 is 0.622 bits per heavy atom. The molecule has 33 nitrogen and oxygen atoms in total. The summed E-state index contributed by atoms with van der Waals surface area (Å²) in [6.07, 6.45) is -4.00. The fourth-order valence-corrected chi connectivity index (χ4v) is 8.06. The van der Waals surface area contributed by atoms with E-state index in [9.17, 15) is 93.0 Å². The molecule has 0 bridgehead atoms. The first kappa shape index (κ1) is 69.4. The Hall–Kier alpha value is -8.72. The van der Waals surface area contributed by atoms with Crippen LogP contribution in [0.5, 0.6) is 5.75 Å². The summed E-state index contributed by atoms with van der Waals surface area (Å²) >= 11 is 0. The van der Waals surface area contributed by atoms with Crippen molar-refractivity contribution < 1.29 is 93.0 Å². The predicted octanol–water partition coefficient (Wildman–Crippen LogP) is -7.77. The van der Waals surface area contributed by atoms with Gasteiger partial charge in [0.1, 0.15) is 66.2 Å². The molecule has 456 valence electrons. The summed E-state index contributed by atoms with van der Waals surface area (Å²) in [5.41, 5.74) is 16.3. The molecule has 0 unspecified atom stereocenters.